The molecule has 0 spiro atoms. The molecule has 1 aliphatic rings. The molecule has 62 valence electrons. The highest BCUT2D eigenvalue weighted by molar-refractivity contribution is 7.80. The van der Waals surface area contributed by atoms with Gasteiger partial charge in [-0.15, -0.1) is 12.6 Å². The van der Waals surface area contributed by atoms with Gasteiger partial charge in [0.2, 0.25) is 0 Å². The van der Waals surface area contributed by atoms with E-state index in [1.165, 1.54) is 5.69 Å². The van der Waals surface area contributed by atoms with Crippen LogP contribution in [0.15, 0.2) is 41.3 Å². The molecule has 1 aromatic carbocycles. The molecule has 2 heteroatoms. The van der Waals surface area contributed by atoms with E-state index in [2.05, 4.69) is 41.8 Å². The van der Waals surface area contributed by atoms with Gasteiger partial charge in [-0.2, -0.15) is 0 Å². The van der Waals surface area contributed by atoms with E-state index in [0.717, 1.165) is 18.0 Å². The van der Waals surface area contributed by atoms with E-state index in [4.69, 9.17) is 0 Å². The first-order valence-electron chi connectivity index (χ1n) is 4.05. The number of anilines is 1. The Kier molecular flexibility index (Phi) is 2.09. The van der Waals surface area contributed by atoms with Crippen LogP contribution in [-0.4, -0.2) is 13.1 Å². The average Bonchev–Trinajstić information content (AvgIpc) is 2.58. The summed E-state index contributed by atoms with van der Waals surface area (Å²) in [5.41, 5.74) is 1.28. The quantitative estimate of drug-likeness (QED) is 0.509. The molecule has 0 unspecified atom stereocenters. The van der Waals surface area contributed by atoms with Crippen molar-refractivity contribution < 1.29 is 0 Å². The van der Waals surface area contributed by atoms with E-state index in [0.29, 0.717) is 0 Å². The number of hydrogen-bond donors (Lipinski definition) is 1. The van der Waals surface area contributed by atoms with E-state index in [9.17, 15) is 0 Å². The maximum absolute atomic E-state index is 4.24. The lowest BCUT2D eigenvalue weighted by Crippen LogP contribution is -2.17. The predicted octanol–water partition coefficient (Wildman–Crippen LogP) is 2.35. The first-order valence-corrected chi connectivity index (χ1v) is 4.50. The summed E-state index contributed by atoms with van der Waals surface area (Å²) in [5.74, 6) is 0. The van der Waals surface area contributed by atoms with Gasteiger partial charge in [-0.05, 0) is 24.3 Å². The van der Waals surface area contributed by atoms with Gasteiger partial charge in [0.25, 0.3) is 0 Å². The van der Waals surface area contributed by atoms with E-state index in [1.54, 1.807) is 0 Å². The zero-order valence-electron chi connectivity index (χ0n) is 6.77. The number of thiol groups is 1. The maximum atomic E-state index is 4.24. The summed E-state index contributed by atoms with van der Waals surface area (Å²) in [6, 6.07) is 8.26. The van der Waals surface area contributed by atoms with Gasteiger partial charge in [-0.3, -0.25) is 0 Å². The molecule has 1 heterocycles. The van der Waals surface area contributed by atoms with Crippen molar-refractivity contribution in [1.82, 2.24) is 0 Å². The van der Waals surface area contributed by atoms with E-state index in [1.807, 2.05) is 12.1 Å². The minimum Gasteiger partial charge on any atom is -0.364 e. The molecule has 0 aliphatic carbocycles. The minimum atomic E-state index is 1.02. The molecule has 12 heavy (non-hydrogen) atoms. The highest BCUT2D eigenvalue weighted by atomic mass is 32.1. The molecule has 0 atom stereocenters. The van der Waals surface area contributed by atoms with Crippen molar-refractivity contribution in [1.29, 1.82) is 0 Å². The van der Waals surface area contributed by atoms with E-state index in [-0.39, 0.29) is 0 Å². The van der Waals surface area contributed by atoms with Crippen LogP contribution < -0.4 is 4.90 Å². The molecule has 0 N–H and O–H groups in total. The van der Waals surface area contributed by atoms with Gasteiger partial charge in [0.1, 0.15) is 0 Å². The standard InChI is InChI=1S/C10H11NS/c12-10-5-3-9(4-6-10)11-7-1-2-8-11/h1-6,12H,7-8H2. The third kappa shape index (κ3) is 1.48. The summed E-state index contributed by atoms with van der Waals surface area (Å²) in [4.78, 5) is 3.33. The van der Waals surface area contributed by atoms with Gasteiger partial charge < -0.3 is 4.90 Å². The Hall–Kier alpha value is -0.890. The summed E-state index contributed by atoms with van der Waals surface area (Å²) in [6.45, 7) is 2.07. The average molecular weight is 177 g/mol. The van der Waals surface area contributed by atoms with Crippen LogP contribution in [0.4, 0.5) is 5.69 Å². The summed E-state index contributed by atoms with van der Waals surface area (Å²) >= 11 is 4.24. The van der Waals surface area contributed by atoms with Crippen molar-refractivity contribution in [2.24, 2.45) is 0 Å². The van der Waals surface area contributed by atoms with Crippen LogP contribution in [-0.2, 0) is 0 Å². The minimum absolute atomic E-state index is 1.02. The fourth-order valence-electron chi connectivity index (χ4n) is 1.35. The van der Waals surface area contributed by atoms with E-state index < -0.39 is 0 Å². The smallest absolute Gasteiger partial charge is 0.0372 e. The Bertz CT molecular complexity index is 281. The van der Waals surface area contributed by atoms with Crippen LogP contribution in [0.1, 0.15) is 0 Å². The Labute approximate surface area is 78.1 Å². The third-order valence-electron chi connectivity index (χ3n) is 2.03. The van der Waals surface area contributed by atoms with Crippen molar-refractivity contribution in [2.75, 3.05) is 18.0 Å². The van der Waals surface area contributed by atoms with Crippen LogP contribution in [0, 0.1) is 0 Å². The molecule has 2 rings (SSSR count). The molecule has 0 saturated heterocycles. The zero-order chi connectivity index (χ0) is 8.39. The first-order chi connectivity index (χ1) is 5.86. The highest BCUT2D eigenvalue weighted by Gasteiger charge is 2.05. The molecule has 0 saturated carbocycles. The molecular weight excluding hydrogens is 166 g/mol. The largest absolute Gasteiger partial charge is 0.364 e. The lowest BCUT2D eigenvalue weighted by Gasteiger charge is -2.17. The van der Waals surface area contributed by atoms with Gasteiger partial charge >= 0.3 is 0 Å². The molecule has 0 bridgehead atoms. The van der Waals surface area contributed by atoms with Gasteiger partial charge in [-0.25, -0.2) is 0 Å². The molecule has 1 nitrogen and oxygen atoms in total. The fourth-order valence-corrected chi connectivity index (χ4v) is 1.50. The topological polar surface area (TPSA) is 3.24 Å². The van der Waals surface area contributed by atoms with Gasteiger partial charge in [0.15, 0.2) is 0 Å². The molecule has 0 radical (unpaired) electrons. The number of benzene rings is 1. The fraction of sp³-hybridized carbons (Fsp3) is 0.200. The second-order valence-corrected chi connectivity index (χ2v) is 3.41. The van der Waals surface area contributed by atoms with Crippen molar-refractivity contribution in [2.45, 2.75) is 4.90 Å². The summed E-state index contributed by atoms with van der Waals surface area (Å²) in [5, 5.41) is 0. The Balaban J connectivity index is 2.18. The van der Waals surface area contributed by atoms with Gasteiger partial charge in [0.05, 0.1) is 0 Å². The SMILES string of the molecule is Sc1ccc(N2CC=CC2)cc1. The molecule has 0 fully saturated rings. The lowest BCUT2D eigenvalue weighted by atomic mass is 10.3. The van der Waals surface area contributed by atoms with Crippen molar-refractivity contribution in [3.63, 3.8) is 0 Å². The predicted molar refractivity (Wildman–Crippen MR) is 55.0 cm³/mol. The van der Waals surface area contributed by atoms with Crippen molar-refractivity contribution in [3.05, 3.63) is 36.4 Å². The monoisotopic (exact) mass is 177 g/mol. The van der Waals surface area contributed by atoms with Gasteiger partial charge in [0, 0.05) is 23.7 Å². The second-order valence-electron chi connectivity index (χ2n) is 2.89. The number of nitrogens with zero attached hydrogens (tertiary/aromatic N) is 1. The van der Waals surface area contributed by atoms with Crippen LogP contribution >= 0.6 is 12.6 Å². The summed E-state index contributed by atoms with van der Waals surface area (Å²) in [7, 11) is 0. The number of rotatable bonds is 1. The highest BCUT2D eigenvalue weighted by Crippen LogP contribution is 2.18. The van der Waals surface area contributed by atoms with Crippen molar-refractivity contribution in [3.8, 4) is 0 Å². The molecule has 1 aromatic rings. The molecule has 1 aliphatic heterocycles. The van der Waals surface area contributed by atoms with Crippen LogP contribution in [0.5, 0.6) is 0 Å². The summed E-state index contributed by atoms with van der Waals surface area (Å²) < 4.78 is 0. The summed E-state index contributed by atoms with van der Waals surface area (Å²) in [6.07, 6.45) is 4.38. The third-order valence-corrected chi connectivity index (χ3v) is 2.33. The number of hydrogen-bond acceptors (Lipinski definition) is 2. The normalized spacial score (nSPS) is 15.6. The van der Waals surface area contributed by atoms with Crippen LogP contribution in [0.3, 0.4) is 0 Å². The zero-order valence-corrected chi connectivity index (χ0v) is 7.67. The second kappa shape index (κ2) is 3.23. The molecule has 0 amide bonds. The van der Waals surface area contributed by atoms with E-state index >= 15 is 0 Å². The Morgan fingerprint density at radius 1 is 1.00 bits per heavy atom. The maximum Gasteiger partial charge on any atom is 0.0372 e. The molecule has 0 aromatic heterocycles. The molecular formula is C10H11NS. The van der Waals surface area contributed by atoms with Crippen LogP contribution in [0.2, 0.25) is 0 Å². The van der Waals surface area contributed by atoms with Crippen molar-refractivity contribution >= 4 is 18.3 Å². The van der Waals surface area contributed by atoms with Gasteiger partial charge in [-0.1, -0.05) is 12.2 Å². The first kappa shape index (κ1) is 7.74. The Morgan fingerprint density at radius 2 is 1.58 bits per heavy atom. The van der Waals surface area contributed by atoms with Crippen LogP contribution in [0.25, 0.3) is 0 Å². The Morgan fingerprint density at radius 3 is 2.17 bits per heavy atom. The lowest BCUT2D eigenvalue weighted by molar-refractivity contribution is 1.01.